The van der Waals surface area contributed by atoms with Crippen LogP contribution in [-0.2, 0) is 6.42 Å². The van der Waals surface area contributed by atoms with E-state index in [4.69, 9.17) is 0 Å². The van der Waals surface area contributed by atoms with Crippen LogP contribution in [0, 0.1) is 0 Å². The first-order valence-corrected chi connectivity index (χ1v) is 6.11. The zero-order valence-electron chi connectivity index (χ0n) is 9.32. The number of aromatic nitrogens is 2. The van der Waals surface area contributed by atoms with Crippen molar-refractivity contribution in [2.45, 2.75) is 13.3 Å². The Bertz CT molecular complexity index is 431. The van der Waals surface area contributed by atoms with Crippen LogP contribution < -0.4 is 10.6 Å². The molecule has 0 unspecified atom stereocenters. The highest BCUT2D eigenvalue weighted by molar-refractivity contribution is 7.08. The van der Waals surface area contributed by atoms with Crippen molar-refractivity contribution in [2.75, 3.05) is 17.7 Å². The van der Waals surface area contributed by atoms with Crippen molar-refractivity contribution in [3.8, 4) is 0 Å². The highest BCUT2D eigenvalue weighted by Gasteiger charge is 2.02. The molecule has 0 saturated heterocycles. The molecule has 0 atom stereocenters. The summed E-state index contributed by atoms with van der Waals surface area (Å²) in [5.41, 5.74) is 1.06. The van der Waals surface area contributed by atoms with Crippen LogP contribution in [0.2, 0.25) is 0 Å². The molecule has 0 amide bonds. The SMILES string of the molecule is CCc1nc(NC)cc(Nc2ccsc2)n1. The Labute approximate surface area is 98.8 Å². The lowest BCUT2D eigenvalue weighted by molar-refractivity contribution is 0.945. The molecular weight excluding hydrogens is 220 g/mol. The van der Waals surface area contributed by atoms with Gasteiger partial charge < -0.3 is 10.6 Å². The first-order chi connectivity index (χ1) is 7.81. The molecule has 2 heterocycles. The zero-order valence-corrected chi connectivity index (χ0v) is 10.1. The molecular formula is C11H14N4S. The second-order valence-corrected chi connectivity index (χ2v) is 4.08. The predicted octanol–water partition coefficient (Wildman–Crippen LogP) is 2.89. The molecule has 5 heteroatoms. The van der Waals surface area contributed by atoms with Crippen LogP contribution in [0.3, 0.4) is 0 Å². The molecule has 0 radical (unpaired) electrons. The van der Waals surface area contributed by atoms with Gasteiger partial charge in [-0.2, -0.15) is 11.3 Å². The first-order valence-electron chi connectivity index (χ1n) is 5.16. The van der Waals surface area contributed by atoms with Gasteiger partial charge in [-0.05, 0) is 11.4 Å². The van der Waals surface area contributed by atoms with Gasteiger partial charge >= 0.3 is 0 Å². The van der Waals surface area contributed by atoms with Crippen LogP contribution in [0.5, 0.6) is 0 Å². The normalized spacial score (nSPS) is 10.1. The zero-order chi connectivity index (χ0) is 11.4. The lowest BCUT2D eigenvalue weighted by Gasteiger charge is -2.07. The minimum Gasteiger partial charge on any atom is -0.373 e. The molecule has 0 saturated carbocycles. The molecule has 0 spiro atoms. The fraction of sp³-hybridized carbons (Fsp3) is 0.273. The van der Waals surface area contributed by atoms with Gasteiger partial charge in [0, 0.05) is 24.9 Å². The van der Waals surface area contributed by atoms with Gasteiger partial charge in [-0.3, -0.25) is 0 Å². The molecule has 2 rings (SSSR count). The Morgan fingerprint density at radius 1 is 1.31 bits per heavy atom. The van der Waals surface area contributed by atoms with Crippen LogP contribution in [-0.4, -0.2) is 17.0 Å². The Morgan fingerprint density at radius 2 is 2.12 bits per heavy atom. The average molecular weight is 234 g/mol. The van der Waals surface area contributed by atoms with Crippen molar-refractivity contribution in [3.63, 3.8) is 0 Å². The molecule has 0 aliphatic heterocycles. The highest BCUT2D eigenvalue weighted by Crippen LogP contribution is 2.19. The quantitative estimate of drug-likeness (QED) is 0.854. The molecule has 0 fully saturated rings. The van der Waals surface area contributed by atoms with E-state index < -0.39 is 0 Å². The number of hydrogen-bond donors (Lipinski definition) is 2. The van der Waals surface area contributed by atoms with Crippen LogP contribution in [0.15, 0.2) is 22.9 Å². The number of nitrogens with zero attached hydrogens (tertiary/aromatic N) is 2. The lowest BCUT2D eigenvalue weighted by atomic mass is 10.4. The third-order valence-corrected chi connectivity index (χ3v) is 2.82. The van der Waals surface area contributed by atoms with Crippen LogP contribution in [0.25, 0.3) is 0 Å². The molecule has 4 nitrogen and oxygen atoms in total. The minimum atomic E-state index is 0.827. The van der Waals surface area contributed by atoms with E-state index in [1.807, 2.05) is 36.9 Å². The van der Waals surface area contributed by atoms with Crippen molar-refractivity contribution < 1.29 is 0 Å². The molecule has 2 aromatic heterocycles. The number of rotatable bonds is 4. The fourth-order valence-corrected chi connectivity index (χ4v) is 1.92. The smallest absolute Gasteiger partial charge is 0.136 e. The number of thiophene rings is 1. The molecule has 0 aliphatic carbocycles. The van der Waals surface area contributed by atoms with E-state index in [9.17, 15) is 0 Å². The average Bonchev–Trinajstić information content (AvgIpc) is 2.81. The van der Waals surface area contributed by atoms with Gasteiger partial charge in [0.25, 0.3) is 0 Å². The summed E-state index contributed by atoms with van der Waals surface area (Å²) in [4.78, 5) is 8.76. The molecule has 0 aromatic carbocycles. The number of aryl methyl sites for hydroxylation is 1. The van der Waals surface area contributed by atoms with Crippen molar-refractivity contribution in [3.05, 3.63) is 28.7 Å². The predicted molar refractivity (Wildman–Crippen MR) is 68.6 cm³/mol. The van der Waals surface area contributed by atoms with E-state index in [0.717, 1.165) is 29.6 Å². The van der Waals surface area contributed by atoms with E-state index in [1.165, 1.54) is 0 Å². The summed E-state index contributed by atoms with van der Waals surface area (Å²) in [6.07, 6.45) is 0.827. The van der Waals surface area contributed by atoms with Gasteiger partial charge in [0.05, 0.1) is 5.69 Å². The number of hydrogen-bond acceptors (Lipinski definition) is 5. The highest BCUT2D eigenvalue weighted by atomic mass is 32.1. The second-order valence-electron chi connectivity index (χ2n) is 3.30. The van der Waals surface area contributed by atoms with Crippen LogP contribution in [0.1, 0.15) is 12.7 Å². The monoisotopic (exact) mass is 234 g/mol. The first kappa shape index (κ1) is 10.9. The van der Waals surface area contributed by atoms with Gasteiger partial charge in [-0.15, -0.1) is 0 Å². The van der Waals surface area contributed by atoms with Gasteiger partial charge in [0.15, 0.2) is 0 Å². The molecule has 16 heavy (non-hydrogen) atoms. The van der Waals surface area contributed by atoms with E-state index in [1.54, 1.807) is 11.3 Å². The van der Waals surface area contributed by atoms with Crippen molar-refractivity contribution in [1.82, 2.24) is 9.97 Å². The molecule has 2 aromatic rings. The summed E-state index contributed by atoms with van der Waals surface area (Å²) >= 11 is 1.66. The number of nitrogens with one attached hydrogen (secondary N) is 2. The molecule has 0 aliphatic rings. The fourth-order valence-electron chi connectivity index (χ4n) is 1.33. The Balaban J connectivity index is 2.26. The van der Waals surface area contributed by atoms with Crippen molar-refractivity contribution in [2.24, 2.45) is 0 Å². The summed E-state index contributed by atoms with van der Waals surface area (Å²) in [5.74, 6) is 2.50. The van der Waals surface area contributed by atoms with Gasteiger partial charge in [0.2, 0.25) is 0 Å². The number of anilines is 3. The third-order valence-electron chi connectivity index (χ3n) is 2.14. The maximum atomic E-state index is 4.42. The van der Waals surface area contributed by atoms with Crippen LogP contribution >= 0.6 is 11.3 Å². The van der Waals surface area contributed by atoms with Gasteiger partial charge in [-0.25, -0.2) is 9.97 Å². The molecule has 2 N–H and O–H groups in total. The summed E-state index contributed by atoms with van der Waals surface area (Å²) in [5, 5.41) is 10.4. The van der Waals surface area contributed by atoms with Gasteiger partial charge in [-0.1, -0.05) is 6.92 Å². The second kappa shape index (κ2) is 4.94. The van der Waals surface area contributed by atoms with E-state index in [-0.39, 0.29) is 0 Å². The standard InChI is InChI=1S/C11H14N4S/c1-3-9-14-10(12-2)6-11(15-9)13-8-4-5-16-7-8/h4-7H,3H2,1-2H3,(H2,12,13,14,15). The van der Waals surface area contributed by atoms with Crippen molar-refractivity contribution in [1.29, 1.82) is 0 Å². The topological polar surface area (TPSA) is 49.8 Å². The largest absolute Gasteiger partial charge is 0.373 e. The Hall–Kier alpha value is -1.62. The maximum absolute atomic E-state index is 4.42. The van der Waals surface area contributed by atoms with E-state index in [0.29, 0.717) is 0 Å². The molecule has 0 bridgehead atoms. The van der Waals surface area contributed by atoms with E-state index in [2.05, 4.69) is 20.6 Å². The maximum Gasteiger partial charge on any atom is 0.136 e. The van der Waals surface area contributed by atoms with E-state index >= 15 is 0 Å². The summed E-state index contributed by atoms with van der Waals surface area (Å²) in [7, 11) is 1.86. The van der Waals surface area contributed by atoms with Gasteiger partial charge in [0.1, 0.15) is 17.5 Å². The third kappa shape index (κ3) is 2.49. The Kier molecular flexibility index (Phi) is 3.36. The minimum absolute atomic E-state index is 0.827. The Morgan fingerprint density at radius 3 is 2.75 bits per heavy atom. The van der Waals surface area contributed by atoms with Crippen LogP contribution in [0.4, 0.5) is 17.3 Å². The molecule has 84 valence electrons. The van der Waals surface area contributed by atoms with Crippen molar-refractivity contribution >= 4 is 28.7 Å². The summed E-state index contributed by atoms with van der Waals surface area (Å²) in [6, 6.07) is 3.92. The lowest BCUT2D eigenvalue weighted by Crippen LogP contribution is -2.02. The summed E-state index contributed by atoms with van der Waals surface area (Å²) in [6.45, 7) is 2.04. The summed E-state index contributed by atoms with van der Waals surface area (Å²) < 4.78 is 0.